The zero-order valence-electron chi connectivity index (χ0n) is 15.8. The van der Waals surface area contributed by atoms with Crippen LogP contribution in [0.15, 0.2) is 53.3 Å². The third-order valence-electron chi connectivity index (χ3n) is 3.94. The number of pyridine rings is 1. The summed E-state index contributed by atoms with van der Waals surface area (Å²) >= 11 is 3.38. The summed E-state index contributed by atoms with van der Waals surface area (Å²) < 4.78 is 14.0. The molecular formula is C20H22BrFN6. The van der Waals surface area contributed by atoms with Gasteiger partial charge in [-0.1, -0.05) is 0 Å². The molecule has 0 unspecified atom stereocenters. The molecular weight excluding hydrogens is 423 g/mol. The van der Waals surface area contributed by atoms with E-state index in [-0.39, 0.29) is 5.82 Å². The lowest BCUT2D eigenvalue weighted by atomic mass is 10.2. The molecule has 0 aliphatic heterocycles. The van der Waals surface area contributed by atoms with E-state index in [1.54, 1.807) is 18.5 Å². The fourth-order valence-corrected chi connectivity index (χ4v) is 3.03. The van der Waals surface area contributed by atoms with Gasteiger partial charge in [0.15, 0.2) is 0 Å². The molecule has 2 N–H and O–H groups in total. The van der Waals surface area contributed by atoms with Crippen molar-refractivity contribution in [1.29, 1.82) is 0 Å². The first kappa shape index (κ1) is 20.2. The second-order valence-electron chi connectivity index (χ2n) is 6.54. The Morgan fingerprint density at radius 1 is 1.14 bits per heavy atom. The van der Waals surface area contributed by atoms with Crippen molar-refractivity contribution in [1.82, 2.24) is 19.9 Å². The fraction of sp³-hybridized carbons (Fsp3) is 0.250. The van der Waals surface area contributed by atoms with Gasteiger partial charge in [-0.05, 0) is 73.3 Å². The van der Waals surface area contributed by atoms with Crippen LogP contribution in [0.2, 0.25) is 0 Å². The normalized spacial score (nSPS) is 10.9. The number of hydrogen-bond acceptors (Lipinski definition) is 6. The second-order valence-corrected chi connectivity index (χ2v) is 7.39. The number of nitrogens with one attached hydrogen (secondary N) is 2. The molecule has 0 saturated heterocycles. The van der Waals surface area contributed by atoms with Gasteiger partial charge in [0.25, 0.3) is 0 Å². The predicted octanol–water partition coefficient (Wildman–Crippen LogP) is 4.55. The van der Waals surface area contributed by atoms with E-state index in [1.807, 2.05) is 32.3 Å². The predicted molar refractivity (Wildman–Crippen MR) is 114 cm³/mol. The third-order valence-corrected chi connectivity index (χ3v) is 4.60. The largest absolute Gasteiger partial charge is 0.354 e. The second kappa shape index (κ2) is 9.57. The zero-order valence-corrected chi connectivity index (χ0v) is 17.4. The van der Waals surface area contributed by atoms with Crippen LogP contribution in [0.5, 0.6) is 0 Å². The van der Waals surface area contributed by atoms with Gasteiger partial charge in [0.05, 0.1) is 11.4 Å². The maximum atomic E-state index is 13.4. The van der Waals surface area contributed by atoms with E-state index < -0.39 is 0 Å². The van der Waals surface area contributed by atoms with E-state index in [4.69, 9.17) is 0 Å². The number of benzene rings is 1. The molecule has 0 radical (unpaired) electrons. The molecule has 3 aromatic rings. The molecule has 1 aromatic carbocycles. The SMILES string of the molecule is CN(C)CCCNc1nc(Nc2ccc(F)cc2Br)cc(-c2cccnc2)n1. The van der Waals surface area contributed by atoms with Gasteiger partial charge in [0.1, 0.15) is 11.6 Å². The lowest BCUT2D eigenvalue weighted by Gasteiger charge is -2.13. The number of nitrogens with zero attached hydrogens (tertiary/aromatic N) is 4. The average molecular weight is 445 g/mol. The van der Waals surface area contributed by atoms with Gasteiger partial charge < -0.3 is 15.5 Å². The Kier molecular flexibility index (Phi) is 6.89. The minimum Gasteiger partial charge on any atom is -0.354 e. The molecule has 0 amide bonds. The van der Waals surface area contributed by atoms with Crippen molar-refractivity contribution >= 4 is 33.4 Å². The van der Waals surface area contributed by atoms with Crippen molar-refractivity contribution in [2.45, 2.75) is 6.42 Å². The third kappa shape index (κ3) is 5.71. The van der Waals surface area contributed by atoms with E-state index in [1.165, 1.54) is 12.1 Å². The molecule has 0 aliphatic rings. The van der Waals surface area contributed by atoms with E-state index in [2.05, 4.69) is 46.4 Å². The van der Waals surface area contributed by atoms with Gasteiger partial charge in [-0.3, -0.25) is 4.98 Å². The lowest BCUT2D eigenvalue weighted by molar-refractivity contribution is 0.405. The van der Waals surface area contributed by atoms with E-state index >= 15 is 0 Å². The molecule has 0 aliphatic carbocycles. The quantitative estimate of drug-likeness (QED) is 0.496. The topological polar surface area (TPSA) is 66.0 Å². The Morgan fingerprint density at radius 3 is 2.71 bits per heavy atom. The zero-order chi connectivity index (χ0) is 19.9. The fourth-order valence-electron chi connectivity index (χ4n) is 2.58. The van der Waals surface area contributed by atoms with Gasteiger partial charge >= 0.3 is 0 Å². The molecule has 0 atom stereocenters. The van der Waals surface area contributed by atoms with Gasteiger partial charge in [-0.15, -0.1) is 0 Å². The molecule has 2 aromatic heterocycles. The van der Waals surface area contributed by atoms with Crippen LogP contribution in [0.1, 0.15) is 6.42 Å². The molecule has 8 heteroatoms. The monoisotopic (exact) mass is 444 g/mol. The van der Waals surface area contributed by atoms with Crippen molar-refractivity contribution < 1.29 is 4.39 Å². The van der Waals surface area contributed by atoms with Gasteiger partial charge in [-0.25, -0.2) is 9.37 Å². The average Bonchev–Trinajstić information content (AvgIpc) is 2.68. The van der Waals surface area contributed by atoms with Crippen LogP contribution in [0.25, 0.3) is 11.3 Å². The molecule has 0 spiro atoms. The highest BCUT2D eigenvalue weighted by molar-refractivity contribution is 9.10. The van der Waals surface area contributed by atoms with Crippen LogP contribution in [0.3, 0.4) is 0 Å². The van der Waals surface area contributed by atoms with Crippen molar-refractivity contribution in [2.75, 3.05) is 37.8 Å². The minimum atomic E-state index is -0.306. The maximum Gasteiger partial charge on any atom is 0.225 e. The van der Waals surface area contributed by atoms with Crippen LogP contribution in [0.4, 0.5) is 21.8 Å². The number of rotatable bonds is 8. The Labute approximate surface area is 172 Å². The summed E-state index contributed by atoms with van der Waals surface area (Å²) in [4.78, 5) is 15.5. The highest BCUT2D eigenvalue weighted by Crippen LogP contribution is 2.28. The Bertz CT molecular complexity index is 920. The van der Waals surface area contributed by atoms with Gasteiger partial charge in [-0.2, -0.15) is 4.98 Å². The molecule has 3 rings (SSSR count). The number of aromatic nitrogens is 3. The van der Waals surface area contributed by atoms with Crippen LogP contribution in [0, 0.1) is 5.82 Å². The molecule has 0 bridgehead atoms. The van der Waals surface area contributed by atoms with Crippen LogP contribution in [-0.4, -0.2) is 47.0 Å². The smallest absolute Gasteiger partial charge is 0.225 e. The highest BCUT2D eigenvalue weighted by atomic mass is 79.9. The van der Waals surface area contributed by atoms with E-state index in [9.17, 15) is 4.39 Å². The summed E-state index contributed by atoms with van der Waals surface area (Å²) in [5, 5.41) is 6.50. The van der Waals surface area contributed by atoms with Gasteiger partial charge in [0.2, 0.25) is 5.95 Å². The van der Waals surface area contributed by atoms with Crippen molar-refractivity contribution in [3.05, 3.63) is 59.1 Å². The first-order valence-corrected chi connectivity index (χ1v) is 9.71. The molecule has 2 heterocycles. The number of halogens is 2. The summed E-state index contributed by atoms with van der Waals surface area (Å²) in [6.45, 7) is 1.73. The number of anilines is 3. The summed E-state index contributed by atoms with van der Waals surface area (Å²) in [7, 11) is 4.09. The Hall–Kier alpha value is -2.58. The number of hydrogen-bond donors (Lipinski definition) is 2. The maximum absolute atomic E-state index is 13.4. The van der Waals surface area contributed by atoms with Crippen molar-refractivity contribution in [3.63, 3.8) is 0 Å². The first-order valence-electron chi connectivity index (χ1n) is 8.91. The standard InChI is InChI=1S/C20H22BrFN6/c1-28(2)10-4-9-24-20-26-18(14-5-3-8-23-13-14)12-19(27-20)25-17-7-6-15(22)11-16(17)21/h3,5-8,11-13H,4,9-10H2,1-2H3,(H2,24,25,26,27). The summed E-state index contributed by atoms with van der Waals surface area (Å²) in [6.07, 6.45) is 4.45. The van der Waals surface area contributed by atoms with E-state index in [0.717, 1.165) is 36.5 Å². The Morgan fingerprint density at radius 2 is 2.00 bits per heavy atom. The van der Waals surface area contributed by atoms with Crippen LogP contribution < -0.4 is 10.6 Å². The first-order chi connectivity index (χ1) is 13.5. The van der Waals surface area contributed by atoms with Crippen LogP contribution >= 0.6 is 15.9 Å². The highest BCUT2D eigenvalue weighted by Gasteiger charge is 2.09. The molecule has 146 valence electrons. The molecule has 6 nitrogen and oxygen atoms in total. The lowest BCUT2D eigenvalue weighted by Crippen LogP contribution is -2.17. The van der Waals surface area contributed by atoms with E-state index in [0.29, 0.717) is 16.2 Å². The molecule has 0 saturated carbocycles. The van der Waals surface area contributed by atoms with Crippen LogP contribution in [-0.2, 0) is 0 Å². The molecule has 0 fully saturated rings. The molecule has 28 heavy (non-hydrogen) atoms. The summed E-state index contributed by atoms with van der Waals surface area (Å²) in [5.41, 5.74) is 2.36. The Balaban J connectivity index is 1.86. The summed E-state index contributed by atoms with van der Waals surface area (Å²) in [5.74, 6) is 0.830. The summed E-state index contributed by atoms with van der Waals surface area (Å²) in [6, 6.07) is 10.1. The van der Waals surface area contributed by atoms with Crippen molar-refractivity contribution in [3.8, 4) is 11.3 Å². The van der Waals surface area contributed by atoms with Gasteiger partial charge in [0, 0.05) is 35.0 Å². The van der Waals surface area contributed by atoms with Crippen molar-refractivity contribution in [2.24, 2.45) is 0 Å². The minimum absolute atomic E-state index is 0.306.